The molecule has 0 bridgehead atoms. The lowest BCUT2D eigenvalue weighted by Gasteiger charge is -1.93. The molecule has 13 heavy (non-hydrogen) atoms. The molecule has 0 aliphatic carbocycles. The molecule has 0 saturated heterocycles. The molecular formula is C7H8N4OS. The van der Waals surface area contributed by atoms with Crippen molar-refractivity contribution in [1.29, 1.82) is 0 Å². The smallest absolute Gasteiger partial charge is 0.183 e. The van der Waals surface area contributed by atoms with E-state index in [1.807, 2.05) is 6.92 Å². The van der Waals surface area contributed by atoms with Gasteiger partial charge in [-0.1, -0.05) is 16.9 Å². The van der Waals surface area contributed by atoms with Crippen LogP contribution in [-0.2, 0) is 5.75 Å². The van der Waals surface area contributed by atoms with E-state index >= 15 is 0 Å². The Balaban J connectivity index is 1.97. The molecular weight excluding hydrogens is 188 g/mol. The van der Waals surface area contributed by atoms with Crippen LogP contribution < -0.4 is 0 Å². The number of aryl methyl sites for hydroxylation is 1. The highest BCUT2D eigenvalue weighted by molar-refractivity contribution is 7.98. The number of nitrogens with zero attached hydrogens (tertiary/aromatic N) is 3. The molecule has 68 valence electrons. The molecule has 0 fully saturated rings. The summed E-state index contributed by atoms with van der Waals surface area (Å²) in [5.41, 5.74) is 1.08. The zero-order chi connectivity index (χ0) is 9.10. The maximum absolute atomic E-state index is 4.92. The minimum absolute atomic E-state index is 0.796. The molecule has 0 atom stereocenters. The lowest BCUT2D eigenvalue weighted by atomic mass is 10.3. The second-order valence-electron chi connectivity index (χ2n) is 2.49. The van der Waals surface area contributed by atoms with Gasteiger partial charge in [0.1, 0.15) is 12.1 Å². The van der Waals surface area contributed by atoms with Crippen LogP contribution in [0, 0.1) is 6.92 Å². The molecule has 1 N–H and O–H groups in total. The number of nitrogens with one attached hydrogen (secondary N) is 1. The molecule has 0 spiro atoms. The van der Waals surface area contributed by atoms with Crippen molar-refractivity contribution in [3.8, 4) is 0 Å². The van der Waals surface area contributed by atoms with E-state index < -0.39 is 0 Å². The van der Waals surface area contributed by atoms with Gasteiger partial charge in [0, 0.05) is 11.3 Å². The Labute approximate surface area is 78.9 Å². The highest BCUT2D eigenvalue weighted by atomic mass is 32.2. The van der Waals surface area contributed by atoms with Crippen molar-refractivity contribution in [2.24, 2.45) is 0 Å². The summed E-state index contributed by atoms with van der Waals surface area (Å²) in [6.07, 6.45) is 3.21. The van der Waals surface area contributed by atoms with Gasteiger partial charge in [0.2, 0.25) is 0 Å². The zero-order valence-electron chi connectivity index (χ0n) is 7.02. The number of hydrogen-bond donors (Lipinski definition) is 1. The second kappa shape index (κ2) is 3.61. The number of aromatic nitrogens is 4. The third kappa shape index (κ3) is 1.89. The van der Waals surface area contributed by atoms with E-state index in [1.165, 1.54) is 6.33 Å². The standard InChI is InChI=1S/C7H8N4OS/c1-5-6(2-10-12-5)3-13-7-8-4-9-11-7/h2,4H,3H2,1H3,(H,8,9,11). The lowest BCUT2D eigenvalue weighted by Crippen LogP contribution is -1.81. The fourth-order valence-corrected chi connectivity index (χ4v) is 1.68. The Bertz CT molecular complexity index is 370. The van der Waals surface area contributed by atoms with Gasteiger partial charge in [0.25, 0.3) is 0 Å². The molecule has 2 heterocycles. The maximum atomic E-state index is 4.92. The van der Waals surface area contributed by atoms with E-state index in [4.69, 9.17) is 4.52 Å². The van der Waals surface area contributed by atoms with Crippen LogP contribution in [0.4, 0.5) is 0 Å². The van der Waals surface area contributed by atoms with E-state index in [2.05, 4.69) is 20.3 Å². The van der Waals surface area contributed by atoms with Gasteiger partial charge in [-0.3, -0.25) is 5.10 Å². The van der Waals surface area contributed by atoms with Crippen LogP contribution in [0.15, 0.2) is 22.2 Å². The minimum atomic E-state index is 0.796. The van der Waals surface area contributed by atoms with Crippen molar-refractivity contribution in [1.82, 2.24) is 20.3 Å². The average molecular weight is 196 g/mol. The van der Waals surface area contributed by atoms with Crippen LogP contribution in [0.5, 0.6) is 0 Å². The van der Waals surface area contributed by atoms with Crippen molar-refractivity contribution in [2.75, 3.05) is 0 Å². The molecule has 0 aliphatic heterocycles. The Kier molecular flexibility index (Phi) is 2.31. The van der Waals surface area contributed by atoms with Crippen LogP contribution >= 0.6 is 11.8 Å². The van der Waals surface area contributed by atoms with Gasteiger partial charge in [0.15, 0.2) is 5.16 Å². The number of hydrogen-bond acceptors (Lipinski definition) is 5. The largest absolute Gasteiger partial charge is 0.361 e. The van der Waals surface area contributed by atoms with Crippen molar-refractivity contribution >= 4 is 11.8 Å². The highest BCUT2D eigenvalue weighted by Gasteiger charge is 2.04. The van der Waals surface area contributed by atoms with Crippen LogP contribution in [-0.4, -0.2) is 20.3 Å². The lowest BCUT2D eigenvalue weighted by molar-refractivity contribution is 0.396. The molecule has 6 heteroatoms. The summed E-state index contributed by atoms with van der Waals surface area (Å²) >= 11 is 1.57. The topological polar surface area (TPSA) is 67.6 Å². The summed E-state index contributed by atoms with van der Waals surface area (Å²) in [6.45, 7) is 1.89. The Morgan fingerprint density at radius 1 is 1.62 bits per heavy atom. The SMILES string of the molecule is Cc1oncc1CSc1ncn[nH]1. The highest BCUT2D eigenvalue weighted by Crippen LogP contribution is 2.19. The van der Waals surface area contributed by atoms with E-state index in [9.17, 15) is 0 Å². The molecule has 0 aliphatic rings. The van der Waals surface area contributed by atoms with E-state index in [0.717, 1.165) is 22.2 Å². The number of rotatable bonds is 3. The fourth-order valence-electron chi connectivity index (χ4n) is 0.867. The quantitative estimate of drug-likeness (QED) is 0.751. The predicted octanol–water partition coefficient (Wildman–Crippen LogP) is 1.39. The number of thioether (sulfide) groups is 1. The summed E-state index contributed by atoms with van der Waals surface area (Å²) < 4.78 is 4.92. The van der Waals surface area contributed by atoms with Crippen LogP contribution in [0.1, 0.15) is 11.3 Å². The third-order valence-electron chi connectivity index (χ3n) is 1.61. The predicted molar refractivity (Wildman–Crippen MR) is 47.2 cm³/mol. The monoisotopic (exact) mass is 196 g/mol. The Hall–Kier alpha value is -1.30. The van der Waals surface area contributed by atoms with Gasteiger partial charge in [0.05, 0.1) is 6.20 Å². The molecule has 0 aromatic carbocycles. The van der Waals surface area contributed by atoms with Crippen LogP contribution in [0.25, 0.3) is 0 Å². The molecule has 2 aromatic heterocycles. The van der Waals surface area contributed by atoms with Gasteiger partial charge in [-0.2, -0.15) is 5.10 Å². The molecule has 0 unspecified atom stereocenters. The van der Waals surface area contributed by atoms with Gasteiger partial charge in [-0.25, -0.2) is 4.98 Å². The molecule has 2 rings (SSSR count). The molecule has 0 radical (unpaired) electrons. The first-order valence-electron chi connectivity index (χ1n) is 3.74. The summed E-state index contributed by atoms with van der Waals surface area (Å²) in [6, 6.07) is 0. The number of H-pyrrole nitrogens is 1. The summed E-state index contributed by atoms with van der Waals surface area (Å²) in [7, 11) is 0. The van der Waals surface area contributed by atoms with Gasteiger partial charge < -0.3 is 4.52 Å². The second-order valence-corrected chi connectivity index (χ2v) is 3.45. The maximum Gasteiger partial charge on any atom is 0.183 e. The summed E-state index contributed by atoms with van der Waals surface area (Å²) in [4.78, 5) is 3.99. The van der Waals surface area contributed by atoms with Gasteiger partial charge >= 0.3 is 0 Å². The van der Waals surface area contributed by atoms with Crippen molar-refractivity contribution in [3.05, 3.63) is 23.8 Å². The Morgan fingerprint density at radius 2 is 2.54 bits per heavy atom. The van der Waals surface area contributed by atoms with E-state index in [-0.39, 0.29) is 0 Å². The fraction of sp³-hybridized carbons (Fsp3) is 0.286. The third-order valence-corrected chi connectivity index (χ3v) is 2.53. The normalized spacial score (nSPS) is 10.5. The molecule has 0 saturated carbocycles. The van der Waals surface area contributed by atoms with E-state index in [1.54, 1.807) is 18.0 Å². The molecule has 2 aromatic rings. The average Bonchev–Trinajstić information content (AvgIpc) is 2.72. The first kappa shape index (κ1) is 8.31. The van der Waals surface area contributed by atoms with Crippen LogP contribution in [0.3, 0.4) is 0 Å². The first-order chi connectivity index (χ1) is 6.36. The van der Waals surface area contributed by atoms with Crippen molar-refractivity contribution in [2.45, 2.75) is 17.8 Å². The van der Waals surface area contributed by atoms with E-state index in [0.29, 0.717) is 0 Å². The minimum Gasteiger partial charge on any atom is -0.361 e. The van der Waals surface area contributed by atoms with Crippen molar-refractivity contribution in [3.63, 3.8) is 0 Å². The Morgan fingerprint density at radius 3 is 3.15 bits per heavy atom. The summed E-state index contributed by atoms with van der Waals surface area (Å²) in [5, 5.41) is 11.0. The van der Waals surface area contributed by atoms with Crippen molar-refractivity contribution < 1.29 is 4.52 Å². The molecule has 0 amide bonds. The summed E-state index contributed by atoms with van der Waals surface area (Å²) in [5.74, 6) is 1.65. The molecule has 5 nitrogen and oxygen atoms in total. The van der Waals surface area contributed by atoms with Gasteiger partial charge in [-0.15, -0.1) is 0 Å². The zero-order valence-corrected chi connectivity index (χ0v) is 7.84. The van der Waals surface area contributed by atoms with Gasteiger partial charge in [-0.05, 0) is 6.92 Å². The first-order valence-corrected chi connectivity index (χ1v) is 4.73. The number of aromatic amines is 1. The van der Waals surface area contributed by atoms with Crippen LogP contribution in [0.2, 0.25) is 0 Å².